The van der Waals surface area contributed by atoms with Crippen LogP contribution < -0.4 is 16.0 Å². The third-order valence-corrected chi connectivity index (χ3v) is 12.6. The summed E-state index contributed by atoms with van der Waals surface area (Å²) >= 11 is 0. The van der Waals surface area contributed by atoms with E-state index >= 15 is 0 Å². The molecular formula is C50H79N7O10. The van der Waals surface area contributed by atoms with Gasteiger partial charge in [0.2, 0.25) is 23.6 Å². The van der Waals surface area contributed by atoms with Crippen LogP contribution in [-0.4, -0.2) is 143 Å². The van der Waals surface area contributed by atoms with Crippen molar-refractivity contribution in [3.8, 4) is 0 Å². The summed E-state index contributed by atoms with van der Waals surface area (Å²) in [5.74, 6) is -3.51. The van der Waals surface area contributed by atoms with Crippen LogP contribution in [0.15, 0.2) is 48.7 Å². The normalized spacial score (nSPS) is 17.7. The number of methoxy groups -OCH3 is 2. The first-order valence-corrected chi connectivity index (χ1v) is 23.6. The maximum Gasteiger partial charge on any atom is 0.413 e. The lowest BCUT2D eigenvalue weighted by Gasteiger charge is -2.41. The van der Waals surface area contributed by atoms with Gasteiger partial charge >= 0.3 is 12.1 Å². The summed E-state index contributed by atoms with van der Waals surface area (Å²) in [5.41, 5.74) is 0.893. The number of carbonyl (C=O) groups excluding carboxylic acids is 5. The van der Waals surface area contributed by atoms with Gasteiger partial charge in [-0.2, -0.15) is 0 Å². The van der Waals surface area contributed by atoms with Crippen molar-refractivity contribution in [2.45, 2.75) is 156 Å². The molecule has 4 N–H and O–H groups in total. The zero-order chi connectivity index (χ0) is 50.3. The molecule has 3 rings (SSSR count). The molecule has 1 aliphatic heterocycles. The van der Waals surface area contributed by atoms with Crippen molar-refractivity contribution in [3.63, 3.8) is 0 Å². The molecule has 374 valence electrons. The summed E-state index contributed by atoms with van der Waals surface area (Å²) in [6.45, 7) is 19.4. The van der Waals surface area contributed by atoms with Gasteiger partial charge in [0.05, 0.1) is 42.7 Å². The molecule has 0 radical (unpaired) electrons. The largest absolute Gasteiger partial charge is 0.480 e. The summed E-state index contributed by atoms with van der Waals surface area (Å²) in [7, 11) is 6.54. The monoisotopic (exact) mass is 938 g/mol. The molecule has 0 aliphatic carbocycles. The highest BCUT2D eigenvalue weighted by atomic mass is 16.6. The molecule has 17 nitrogen and oxygen atoms in total. The van der Waals surface area contributed by atoms with E-state index in [0.717, 1.165) is 11.1 Å². The van der Waals surface area contributed by atoms with Gasteiger partial charge in [0.1, 0.15) is 23.5 Å². The van der Waals surface area contributed by atoms with Crippen molar-refractivity contribution in [1.82, 2.24) is 30.3 Å². The minimum atomic E-state index is -1.15. The number of carboxylic acids is 1. The summed E-state index contributed by atoms with van der Waals surface area (Å²) < 4.78 is 17.3. The van der Waals surface area contributed by atoms with Gasteiger partial charge in [-0.15, -0.1) is 0 Å². The number of aliphatic carboxylic acids is 1. The fraction of sp³-hybridized carbons (Fsp3) is 0.660. The number of likely N-dealkylation sites (N-methyl/N-ethyl adjacent to an activating group) is 2. The molecule has 1 unspecified atom stereocenters. The number of carboxylic acid groups (broad SMARTS) is 1. The molecule has 67 heavy (non-hydrogen) atoms. The zero-order valence-corrected chi connectivity index (χ0v) is 42.3. The Hall–Kier alpha value is -5.13. The average Bonchev–Trinajstić information content (AvgIpc) is 3.74. The number of carbonyl (C=O) groups is 6. The fourth-order valence-corrected chi connectivity index (χ4v) is 9.08. The first-order valence-electron chi connectivity index (χ1n) is 23.6. The number of nitrogens with one attached hydrogen (secondary N) is 3. The second kappa shape index (κ2) is 25.9. The molecule has 1 aromatic carbocycles. The van der Waals surface area contributed by atoms with Crippen LogP contribution in [0.5, 0.6) is 0 Å². The molecule has 9 atom stereocenters. The predicted molar refractivity (Wildman–Crippen MR) is 257 cm³/mol. The van der Waals surface area contributed by atoms with Crippen LogP contribution in [0.1, 0.15) is 106 Å². The van der Waals surface area contributed by atoms with E-state index in [4.69, 9.17) is 14.2 Å². The third kappa shape index (κ3) is 16.3. The molecule has 1 fully saturated rings. The lowest BCUT2D eigenvalue weighted by Crippen LogP contribution is -2.60. The summed E-state index contributed by atoms with van der Waals surface area (Å²) in [4.78, 5) is 91.0. The molecular weight excluding hydrogens is 859 g/mol. The third-order valence-electron chi connectivity index (χ3n) is 12.6. The topological polar surface area (TPSA) is 209 Å². The lowest BCUT2D eigenvalue weighted by molar-refractivity contribution is -0.148. The molecule has 17 heteroatoms. The SMILES string of the molecule is CC[C@H](C)[C@@H]([C@H](CC(=O)N1CCCC1[C@H](OC)[C@@H](C)C(=O)N[C@@H](Cc1ccccc1)C(=O)O)OC)N(C)C(=O)[C@@H](NC(=O)[C@H](C(C)C)N(C)Cc1ccnc(NC(=O)OC(C)(C)C)c1)C(C)C. The van der Waals surface area contributed by atoms with Crippen LogP contribution in [0, 0.1) is 23.7 Å². The van der Waals surface area contributed by atoms with Crippen molar-refractivity contribution in [2.75, 3.05) is 40.2 Å². The Bertz CT molecular complexity index is 1940. The van der Waals surface area contributed by atoms with Crippen LogP contribution in [-0.2, 0) is 51.1 Å². The molecule has 1 aromatic heterocycles. The lowest BCUT2D eigenvalue weighted by atomic mass is 9.89. The number of benzene rings is 1. The van der Waals surface area contributed by atoms with Gasteiger partial charge in [-0.3, -0.25) is 29.4 Å². The van der Waals surface area contributed by atoms with Gasteiger partial charge in [0, 0.05) is 47.0 Å². The second-order valence-electron chi connectivity index (χ2n) is 19.7. The Kier molecular flexibility index (Phi) is 21.7. The van der Waals surface area contributed by atoms with Crippen LogP contribution >= 0.6 is 0 Å². The van der Waals surface area contributed by atoms with Crippen LogP contribution in [0.3, 0.4) is 0 Å². The Labute approximate surface area is 398 Å². The number of hydrogen-bond donors (Lipinski definition) is 4. The van der Waals surface area contributed by atoms with Crippen LogP contribution in [0.25, 0.3) is 0 Å². The number of aromatic nitrogens is 1. The molecule has 2 aromatic rings. The number of anilines is 1. The summed E-state index contributed by atoms with van der Waals surface area (Å²) in [6.07, 6.45) is 1.49. The van der Waals surface area contributed by atoms with E-state index in [1.54, 1.807) is 75.0 Å². The van der Waals surface area contributed by atoms with Crippen molar-refractivity contribution in [3.05, 3.63) is 59.8 Å². The van der Waals surface area contributed by atoms with E-state index in [2.05, 4.69) is 20.9 Å². The standard InChI is InChI=1S/C50H79N7O10/c1-15-32(6)43(38(65-13)28-40(58)57-25-19-22-37(57)44(66-14)33(7)45(59)52-36(48(62)63)26-34-20-17-16-18-21-34)56(12)47(61)41(30(2)3)54-46(60)42(31(4)5)55(11)29-35-23-24-51-39(27-35)53-49(64)67-50(8,9)10/h16-18,20-21,23-24,27,30-33,36-38,41-44H,15,19,22,25-26,28-29H2,1-14H3,(H,52,59)(H,54,60)(H,62,63)(H,51,53,64)/t32-,33+,36-,37?,38-,41-,42-,43-,44+/m0/s1. The van der Waals surface area contributed by atoms with E-state index < -0.39 is 71.9 Å². The number of rotatable bonds is 24. The Morgan fingerprint density at radius 1 is 0.896 bits per heavy atom. The van der Waals surface area contributed by atoms with E-state index in [1.807, 2.05) is 71.7 Å². The van der Waals surface area contributed by atoms with Crippen molar-refractivity contribution in [1.29, 1.82) is 0 Å². The van der Waals surface area contributed by atoms with Gasteiger partial charge in [-0.25, -0.2) is 14.6 Å². The van der Waals surface area contributed by atoms with Crippen LogP contribution in [0.2, 0.25) is 0 Å². The van der Waals surface area contributed by atoms with Crippen molar-refractivity contribution in [2.24, 2.45) is 23.7 Å². The molecule has 1 saturated heterocycles. The number of ether oxygens (including phenoxy) is 3. The first kappa shape index (κ1) is 56.2. The van der Waals surface area contributed by atoms with Crippen LogP contribution in [0.4, 0.5) is 10.6 Å². The van der Waals surface area contributed by atoms with Gasteiger partial charge < -0.3 is 39.8 Å². The predicted octanol–water partition coefficient (Wildman–Crippen LogP) is 5.76. The highest BCUT2D eigenvalue weighted by Crippen LogP contribution is 2.30. The van der Waals surface area contributed by atoms with Gasteiger partial charge in [0.15, 0.2) is 0 Å². The van der Waals surface area contributed by atoms with E-state index in [0.29, 0.717) is 38.2 Å². The van der Waals surface area contributed by atoms with E-state index in [-0.39, 0.29) is 48.3 Å². The minimum absolute atomic E-state index is 0.0578. The number of nitrogens with zero attached hydrogens (tertiary/aromatic N) is 4. The molecule has 0 spiro atoms. The Balaban J connectivity index is 1.77. The van der Waals surface area contributed by atoms with Crippen molar-refractivity contribution < 1.29 is 48.1 Å². The maximum atomic E-state index is 14.7. The number of amides is 5. The molecule has 1 aliphatic rings. The van der Waals surface area contributed by atoms with Gasteiger partial charge in [-0.05, 0) is 81.7 Å². The molecule has 0 bridgehead atoms. The number of likely N-dealkylation sites (tertiary alicyclic amines) is 1. The average molecular weight is 938 g/mol. The smallest absolute Gasteiger partial charge is 0.413 e. The second-order valence-corrected chi connectivity index (χ2v) is 19.7. The maximum absolute atomic E-state index is 14.7. The van der Waals surface area contributed by atoms with Gasteiger partial charge in [0.25, 0.3) is 0 Å². The highest BCUT2D eigenvalue weighted by molar-refractivity contribution is 5.90. The van der Waals surface area contributed by atoms with E-state index in [1.165, 1.54) is 14.2 Å². The summed E-state index contributed by atoms with van der Waals surface area (Å²) in [6, 6.07) is 8.91. The Morgan fingerprint density at radius 2 is 1.55 bits per heavy atom. The quantitative estimate of drug-likeness (QED) is 0.0992. The summed E-state index contributed by atoms with van der Waals surface area (Å²) in [5, 5.41) is 18.4. The number of pyridine rings is 1. The van der Waals surface area contributed by atoms with Crippen molar-refractivity contribution >= 4 is 41.5 Å². The molecule has 2 heterocycles. The highest BCUT2D eigenvalue weighted by Gasteiger charge is 2.43. The fourth-order valence-electron chi connectivity index (χ4n) is 9.08. The number of hydrogen-bond acceptors (Lipinski definition) is 11. The zero-order valence-electron chi connectivity index (χ0n) is 42.3. The molecule has 5 amide bonds. The minimum Gasteiger partial charge on any atom is -0.480 e. The Morgan fingerprint density at radius 3 is 2.10 bits per heavy atom. The first-order chi connectivity index (χ1) is 31.4. The van der Waals surface area contributed by atoms with E-state index in [9.17, 15) is 33.9 Å². The van der Waals surface area contributed by atoms with Gasteiger partial charge in [-0.1, -0.05) is 85.2 Å². The molecule has 0 saturated carbocycles.